The number of alkyl halides is 3. The monoisotopic (exact) mass is 468 g/mol. The van der Waals surface area contributed by atoms with E-state index < -0.39 is 24.7 Å². The van der Waals surface area contributed by atoms with Crippen LogP contribution in [-0.2, 0) is 4.79 Å². The van der Waals surface area contributed by atoms with E-state index in [-0.39, 0.29) is 12.0 Å². The Morgan fingerprint density at radius 2 is 2.22 bits per heavy atom. The lowest BCUT2D eigenvalue weighted by Gasteiger charge is -2.26. The van der Waals surface area contributed by atoms with E-state index >= 15 is 0 Å². The highest BCUT2D eigenvalue weighted by molar-refractivity contribution is 6.30. The van der Waals surface area contributed by atoms with Gasteiger partial charge in [0.15, 0.2) is 0 Å². The third-order valence-corrected chi connectivity index (χ3v) is 5.52. The van der Waals surface area contributed by atoms with Gasteiger partial charge in [0.05, 0.1) is 10.9 Å². The summed E-state index contributed by atoms with van der Waals surface area (Å²) in [6.07, 6.45) is 0.937. The van der Waals surface area contributed by atoms with Crippen LogP contribution in [-0.4, -0.2) is 58.8 Å². The minimum atomic E-state index is -4.48. The van der Waals surface area contributed by atoms with Gasteiger partial charge in [0.2, 0.25) is 5.91 Å². The topological polar surface area (TPSA) is 82.0 Å². The fraction of sp³-hybridized carbons (Fsp3) is 0.429. The van der Waals surface area contributed by atoms with Gasteiger partial charge in [0.1, 0.15) is 30.1 Å². The number of nitrogens with one attached hydrogen (secondary N) is 2. The van der Waals surface area contributed by atoms with E-state index in [0.29, 0.717) is 41.9 Å². The van der Waals surface area contributed by atoms with Crippen molar-refractivity contribution in [1.29, 1.82) is 0 Å². The van der Waals surface area contributed by atoms with E-state index in [0.717, 1.165) is 5.56 Å². The van der Waals surface area contributed by atoms with Gasteiger partial charge < -0.3 is 15.5 Å². The maximum atomic E-state index is 12.5. The van der Waals surface area contributed by atoms with E-state index in [2.05, 4.69) is 33.4 Å². The number of amidine groups is 2. The van der Waals surface area contributed by atoms with Crippen molar-refractivity contribution in [3.63, 3.8) is 0 Å². The van der Waals surface area contributed by atoms with Crippen molar-refractivity contribution in [3.8, 4) is 0 Å². The Morgan fingerprint density at radius 1 is 1.47 bits per heavy atom. The van der Waals surface area contributed by atoms with Gasteiger partial charge in [-0.1, -0.05) is 24.8 Å². The number of fused-ring (bicyclic) bond motifs is 1. The normalized spacial score (nSPS) is 23.5. The Morgan fingerprint density at radius 3 is 2.88 bits per heavy atom. The Bertz CT molecular complexity index is 961. The number of pyridine rings is 1. The summed E-state index contributed by atoms with van der Waals surface area (Å²) in [5.41, 5.74) is 0.818. The van der Waals surface area contributed by atoms with Crippen LogP contribution in [0.3, 0.4) is 0 Å². The zero-order valence-electron chi connectivity index (χ0n) is 17.5. The molecule has 11 heteroatoms. The molecule has 172 valence electrons. The fourth-order valence-corrected chi connectivity index (χ4v) is 4.15. The number of likely N-dealkylation sites (tertiary alicyclic amines) is 1. The second-order valence-corrected chi connectivity index (χ2v) is 7.97. The van der Waals surface area contributed by atoms with E-state index in [1.807, 2.05) is 12.2 Å². The predicted octanol–water partition coefficient (Wildman–Crippen LogP) is 3.90. The summed E-state index contributed by atoms with van der Waals surface area (Å²) >= 11 is 6.14. The van der Waals surface area contributed by atoms with Gasteiger partial charge in [-0.25, -0.2) is 15.0 Å². The molecule has 3 heterocycles. The van der Waals surface area contributed by atoms with E-state index in [1.54, 1.807) is 17.2 Å². The molecule has 0 aromatic carbocycles. The maximum absolute atomic E-state index is 12.5. The molecule has 0 spiro atoms. The van der Waals surface area contributed by atoms with Crippen LogP contribution in [0.2, 0.25) is 5.02 Å². The van der Waals surface area contributed by atoms with Crippen molar-refractivity contribution in [3.05, 3.63) is 48.3 Å². The minimum Gasteiger partial charge on any atom is -0.366 e. The first-order valence-electron chi connectivity index (χ1n) is 10.1. The molecular formula is C21H24ClF3N6O. The molecule has 2 aliphatic rings. The Hall–Kier alpha value is -2.88. The Kier molecular flexibility index (Phi) is 7.22. The Labute approximate surface area is 189 Å². The summed E-state index contributed by atoms with van der Waals surface area (Å²) in [6.45, 7) is 8.48. The minimum absolute atomic E-state index is 0.103. The first-order valence-corrected chi connectivity index (χ1v) is 10.4. The highest BCUT2D eigenvalue weighted by Crippen LogP contribution is 2.37. The van der Waals surface area contributed by atoms with Gasteiger partial charge in [-0.2, -0.15) is 13.2 Å². The Balaban J connectivity index is 1.90. The molecule has 1 aromatic rings. The fourth-order valence-electron chi connectivity index (χ4n) is 3.98. The van der Waals surface area contributed by atoms with Gasteiger partial charge in [0.25, 0.3) is 0 Å². The molecule has 1 aromatic heterocycles. The average molecular weight is 469 g/mol. The van der Waals surface area contributed by atoms with Crippen molar-refractivity contribution in [2.45, 2.75) is 43.9 Å². The van der Waals surface area contributed by atoms with Gasteiger partial charge >= 0.3 is 6.18 Å². The van der Waals surface area contributed by atoms with Crippen LogP contribution in [0.1, 0.15) is 31.2 Å². The lowest BCUT2D eigenvalue weighted by atomic mass is 9.96. The number of halogens is 4. The molecule has 0 radical (unpaired) electrons. The summed E-state index contributed by atoms with van der Waals surface area (Å²) in [4.78, 5) is 27.4. The van der Waals surface area contributed by atoms with E-state index in [4.69, 9.17) is 11.6 Å². The molecule has 1 amide bonds. The first kappa shape index (κ1) is 23.8. The molecule has 2 aliphatic heterocycles. The van der Waals surface area contributed by atoms with Crippen molar-refractivity contribution >= 4 is 35.0 Å². The summed E-state index contributed by atoms with van der Waals surface area (Å²) in [5.74, 6) is 0.424. The van der Waals surface area contributed by atoms with Gasteiger partial charge in [-0.3, -0.25) is 4.79 Å². The molecule has 0 saturated carbocycles. The molecule has 1 fully saturated rings. The summed E-state index contributed by atoms with van der Waals surface area (Å²) < 4.78 is 37.6. The molecule has 7 nitrogen and oxygen atoms in total. The largest absolute Gasteiger partial charge is 0.405 e. The summed E-state index contributed by atoms with van der Waals surface area (Å²) in [7, 11) is 0. The molecule has 3 atom stereocenters. The van der Waals surface area contributed by atoms with Gasteiger partial charge in [-0.15, -0.1) is 0 Å². The second kappa shape index (κ2) is 9.72. The number of aromatic nitrogens is 1. The third kappa shape index (κ3) is 5.29. The first-order chi connectivity index (χ1) is 15.1. The lowest BCUT2D eigenvalue weighted by molar-refractivity contribution is -0.140. The quantitative estimate of drug-likeness (QED) is 0.507. The summed E-state index contributed by atoms with van der Waals surface area (Å²) in [5, 5.41) is 5.70. The van der Waals surface area contributed by atoms with Crippen LogP contribution >= 0.6 is 11.6 Å². The van der Waals surface area contributed by atoms with Gasteiger partial charge in [0, 0.05) is 30.5 Å². The molecule has 0 bridgehead atoms. The standard InChI is InChI=1S/C21H24ClF3N6O/c1-4-16(31-8-6-7-15(31)20(32)28-11-21(23,24)25)30-19(26-5-2)17-12(3)29-18-14(17)9-13(22)10-27-18/h4-5,9-10,12,15,17H,1-2,6-8,11H2,3H3,(H,27,29)(H,28,32)/t12?,15-,17-/m0/s1. The number of carbonyl (C=O) groups is 1. The number of amides is 1. The molecule has 0 aliphatic carbocycles. The number of anilines is 1. The molecule has 1 unspecified atom stereocenters. The highest BCUT2D eigenvalue weighted by atomic mass is 35.5. The van der Waals surface area contributed by atoms with Crippen LogP contribution in [0.25, 0.3) is 0 Å². The molecule has 32 heavy (non-hydrogen) atoms. The van der Waals surface area contributed by atoms with Crippen LogP contribution < -0.4 is 10.6 Å². The van der Waals surface area contributed by atoms with E-state index in [1.165, 1.54) is 12.3 Å². The number of aliphatic imine (C=N–C) groups is 2. The van der Waals surface area contributed by atoms with Crippen LogP contribution in [0, 0.1) is 0 Å². The third-order valence-electron chi connectivity index (χ3n) is 5.31. The zero-order valence-corrected chi connectivity index (χ0v) is 18.2. The molecular weight excluding hydrogens is 445 g/mol. The molecule has 3 rings (SSSR count). The number of rotatable bonds is 5. The number of hydrogen-bond acceptors (Lipinski definition) is 4. The SMILES string of the molecule is C=CN=C(N=C(C=C)N1CCC[C@H]1C(=O)NCC(F)(F)F)[C@@H]1c2cc(Cl)cnc2NC1C. The number of nitrogens with zero attached hydrogens (tertiary/aromatic N) is 4. The maximum Gasteiger partial charge on any atom is 0.405 e. The van der Waals surface area contributed by atoms with Gasteiger partial charge in [-0.05, 0) is 31.9 Å². The average Bonchev–Trinajstić information content (AvgIpc) is 3.33. The van der Waals surface area contributed by atoms with E-state index in [9.17, 15) is 18.0 Å². The van der Waals surface area contributed by atoms with Crippen LogP contribution in [0.15, 0.2) is 47.7 Å². The second-order valence-electron chi connectivity index (χ2n) is 7.53. The number of hydrogen-bond donors (Lipinski definition) is 2. The van der Waals surface area contributed by atoms with Crippen LogP contribution in [0.5, 0.6) is 0 Å². The zero-order chi connectivity index (χ0) is 23.5. The van der Waals surface area contributed by atoms with Crippen LogP contribution in [0.4, 0.5) is 19.0 Å². The van der Waals surface area contributed by atoms with Crippen molar-refractivity contribution < 1.29 is 18.0 Å². The molecule has 2 N–H and O–H groups in total. The smallest absolute Gasteiger partial charge is 0.366 e. The lowest BCUT2D eigenvalue weighted by Crippen LogP contribution is -2.47. The molecule has 1 saturated heterocycles. The summed E-state index contributed by atoms with van der Waals surface area (Å²) in [6, 6.07) is 0.909. The predicted molar refractivity (Wildman–Crippen MR) is 119 cm³/mol. The number of carbonyl (C=O) groups excluding carboxylic acids is 1. The van der Waals surface area contributed by atoms with Crippen molar-refractivity contribution in [1.82, 2.24) is 15.2 Å². The van der Waals surface area contributed by atoms with Crippen molar-refractivity contribution in [2.75, 3.05) is 18.4 Å². The highest BCUT2D eigenvalue weighted by Gasteiger charge is 2.37. The van der Waals surface area contributed by atoms with Crippen molar-refractivity contribution in [2.24, 2.45) is 9.98 Å².